The largest absolute Gasteiger partial charge is 0.107 e. The topological polar surface area (TPSA) is 0 Å². The molecule has 68 valence electrons. The standard InChI is InChI=1S/C9H12Cl2S/c1-8(2)5(6(10)11)9(3,4)7(8)12/h1-4H3. The first-order chi connectivity index (χ1) is 5.22. The highest BCUT2D eigenvalue weighted by molar-refractivity contribution is 7.80. The van der Waals surface area contributed by atoms with Gasteiger partial charge < -0.3 is 0 Å². The Hall–Kier alpha value is 0.410. The van der Waals surface area contributed by atoms with Crippen molar-refractivity contribution in [2.45, 2.75) is 27.7 Å². The molecule has 0 aromatic heterocycles. The van der Waals surface area contributed by atoms with Gasteiger partial charge in [-0.3, -0.25) is 0 Å². The van der Waals surface area contributed by atoms with Crippen LogP contribution in [0.5, 0.6) is 0 Å². The molecule has 0 aromatic carbocycles. The molecule has 3 heteroatoms. The second-order valence-corrected chi connectivity index (χ2v) is 5.57. The van der Waals surface area contributed by atoms with Crippen LogP contribution in [0.1, 0.15) is 27.7 Å². The van der Waals surface area contributed by atoms with Crippen LogP contribution in [0.2, 0.25) is 0 Å². The smallest absolute Gasteiger partial charge is 0.0878 e. The third-order valence-electron chi connectivity index (χ3n) is 2.57. The summed E-state index contributed by atoms with van der Waals surface area (Å²) >= 11 is 16.9. The van der Waals surface area contributed by atoms with E-state index in [2.05, 4.69) is 27.7 Å². The molecule has 0 unspecified atom stereocenters. The van der Waals surface area contributed by atoms with Crippen molar-refractivity contribution in [3.05, 3.63) is 10.1 Å². The zero-order valence-corrected chi connectivity index (χ0v) is 9.99. The van der Waals surface area contributed by atoms with E-state index in [0.717, 1.165) is 10.4 Å². The maximum absolute atomic E-state index is 5.80. The van der Waals surface area contributed by atoms with E-state index in [9.17, 15) is 0 Å². The van der Waals surface area contributed by atoms with Crippen molar-refractivity contribution in [3.63, 3.8) is 0 Å². The van der Waals surface area contributed by atoms with Gasteiger partial charge in [0.2, 0.25) is 0 Å². The first-order valence-corrected chi connectivity index (χ1v) is 5.00. The Balaban J connectivity index is 3.21. The molecule has 0 radical (unpaired) electrons. The first kappa shape index (κ1) is 10.5. The minimum atomic E-state index is -0.0995. The summed E-state index contributed by atoms with van der Waals surface area (Å²) in [6, 6.07) is 0. The fourth-order valence-corrected chi connectivity index (χ4v) is 3.35. The van der Waals surface area contributed by atoms with Crippen molar-refractivity contribution in [1.29, 1.82) is 0 Å². The van der Waals surface area contributed by atoms with Gasteiger partial charge >= 0.3 is 0 Å². The first-order valence-electron chi connectivity index (χ1n) is 3.83. The normalized spacial score (nSPS) is 25.2. The van der Waals surface area contributed by atoms with Crippen molar-refractivity contribution in [3.8, 4) is 0 Å². The molecule has 1 aliphatic carbocycles. The number of allylic oxidation sites excluding steroid dienone is 1. The van der Waals surface area contributed by atoms with Gasteiger partial charge in [0.15, 0.2) is 0 Å². The summed E-state index contributed by atoms with van der Waals surface area (Å²) in [5, 5.41) is 0. The SMILES string of the molecule is CC1(C)C(=S)C(C)(C)C1=C(Cl)Cl. The molecule has 1 saturated carbocycles. The predicted octanol–water partition coefficient (Wildman–Crippen LogP) is 4.11. The summed E-state index contributed by atoms with van der Waals surface area (Å²) < 4.78 is 0.374. The summed E-state index contributed by atoms with van der Waals surface area (Å²) in [4.78, 5) is 1.03. The van der Waals surface area contributed by atoms with Gasteiger partial charge in [-0.05, 0) is 5.57 Å². The average molecular weight is 223 g/mol. The van der Waals surface area contributed by atoms with Gasteiger partial charge in [0.05, 0.1) is 0 Å². The van der Waals surface area contributed by atoms with Crippen molar-refractivity contribution < 1.29 is 0 Å². The monoisotopic (exact) mass is 222 g/mol. The fourth-order valence-electron chi connectivity index (χ4n) is 2.20. The summed E-state index contributed by atoms with van der Waals surface area (Å²) in [6.07, 6.45) is 0. The van der Waals surface area contributed by atoms with Crippen LogP contribution in [0.3, 0.4) is 0 Å². The van der Waals surface area contributed by atoms with Crippen LogP contribution >= 0.6 is 35.4 Å². The van der Waals surface area contributed by atoms with Crippen molar-refractivity contribution in [2.24, 2.45) is 10.8 Å². The Morgan fingerprint density at radius 1 is 1.08 bits per heavy atom. The second kappa shape index (κ2) is 2.70. The molecule has 0 aliphatic heterocycles. The van der Waals surface area contributed by atoms with Crippen LogP contribution < -0.4 is 0 Å². The van der Waals surface area contributed by atoms with Gasteiger partial charge in [-0.2, -0.15) is 0 Å². The lowest BCUT2D eigenvalue weighted by atomic mass is 9.52. The zero-order valence-electron chi connectivity index (χ0n) is 7.66. The number of hydrogen-bond donors (Lipinski definition) is 0. The third kappa shape index (κ3) is 1.14. The highest BCUT2D eigenvalue weighted by atomic mass is 35.5. The molecule has 1 rings (SSSR count). The van der Waals surface area contributed by atoms with Gasteiger partial charge in [0.1, 0.15) is 4.49 Å². The number of halogens is 2. The summed E-state index contributed by atoms with van der Waals surface area (Å²) in [6.45, 7) is 8.22. The molecule has 12 heavy (non-hydrogen) atoms. The number of rotatable bonds is 0. The molecule has 0 aromatic rings. The quantitative estimate of drug-likeness (QED) is 0.557. The van der Waals surface area contributed by atoms with Crippen LogP contribution in [0.4, 0.5) is 0 Å². The van der Waals surface area contributed by atoms with Crippen LogP contribution in [-0.2, 0) is 0 Å². The van der Waals surface area contributed by atoms with E-state index in [4.69, 9.17) is 35.4 Å². The van der Waals surface area contributed by atoms with E-state index in [0.29, 0.717) is 4.49 Å². The number of hydrogen-bond acceptors (Lipinski definition) is 1. The predicted molar refractivity (Wildman–Crippen MR) is 58.9 cm³/mol. The van der Waals surface area contributed by atoms with E-state index in [-0.39, 0.29) is 10.8 Å². The highest BCUT2D eigenvalue weighted by Crippen LogP contribution is 2.58. The lowest BCUT2D eigenvalue weighted by Gasteiger charge is -2.53. The Labute approximate surface area is 88.9 Å². The summed E-state index contributed by atoms with van der Waals surface area (Å²) in [5.41, 5.74) is 0.860. The molecule has 0 saturated heterocycles. The minimum absolute atomic E-state index is 0.0995. The molecule has 0 bridgehead atoms. The van der Waals surface area contributed by atoms with E-state index in [1.807, 2.05) is 0 Å². The molecular formula is C9H12Cl2S. The Morgan fingerprint density at radius 2 is 1.42 bits per heavy atom. The molecule has 0 heterocycles. The molecular weight excluding hydrogens is 211 g/mol. The maximum atomic E-state index is 5.80. The molecule has 0 atom stereocenters. The fraction of sp³-hybridized carbons (Fsp3) is 0.667. The van der Waals surface area contributed by atoms with E-state index in [1.165, 1.54) is 0 Å². The van der Waals surface area contributed by atoms with Crippen molar-refractivity contribution >= 4 is 40.3 Å². The van der Waals surface area contributed by atoms with Gasteiger partial charge in [-0.15, -0.1) is 0 Å². The molecule has 1 aliphatic rings. The van der Waals surface area contributed by atoms with Gasteiger partial charge in [0.25, 0.3) is 0 Å². The lowest BCUT2D eigenvalue weighted by molar-refractivity contribution is 0.379. The second-order valence-electron chi connectivity index (χ2n) is 4.21. The van der Waals surface area contributed by atoms with Gasteiger partial charge in [-0.25, -0.2) is 0 Å². The van der Waals surface area contributed by atoms with Gasteiger partial charge in [0, 0.05) is 15.7 Å². The molecule has 0 nitrogen and oxygen atoms in total. The van der Waals surface area contributed by atoms with E-state index < -0.39 is 0 Å². The van der Waals surface area contributed by atoms with E-state index >= 15 is 0 Å². The maximum Gasteiger partial charge on any atom is 0.107 e. The minimum Gasteiger partial charge on any atom is -0.0878 e. The van der Waals surface area contributed by atoms with Crippen LogP contribution in [0.15, 0.2) is 10.1 Å². The van der Waals surface area contributed by atoms with E-state index in [1.54, 1.807) is 0 Å². The molecule has 0 N–H and O–H groups in total. The molecule has 1 fully saturated rings. The highest BCUT2D eigenvalue weighted by Gasteiger charge is 2.54. The van der Waals surface area contributed by atoms with Crippen molar-refractivity contribution in [2.75, 3.05) is 0 Å². The third-order valence-corrected chi connectivity index (χ3v) is 3.97. The Morgan fingerprint density at radius 3 is 1.58 bits per heavy atom. The lowest BCUT2D eigenvalue weighted by Crippen LogP contribution is -2.52. The van der Waals surface area contributed by atoms with Gasteiger partial charge in [-0.1, -0.05) is 63.1 Å². The average Bonchev–Trinajstić information content (AvgIpc) is 1.83. The zero-order chi connectivity index (χ0) is 9.73. The van der Waals surface area contributed by atoms with Crippen LogP contribution in [0.25, 0.3) is 0 Å². The summed E-state index contributed by atoms with van der Waals surface area (Å²) in [5.74, 6) is 0. The summed E-state index contributed by atoms with van der Waals surface area (Å²) in [7, 11) is 0. The van der Waals surface area contributed by atoms with Crippen LogP contribution in [-0.4, -0.2) is 4.86 Å². The van der Waals surface area contributed by atoms with Crippen molar-refractivity contribution in [1.82, 2.24) is 0 Å². The Bertz CT molecular complexity index is 250. The molecule has 0 spiro atoms. The number of thiocarbonyl (C=S) groups is 1. The van der Waals surface area contributed by atoms with Crippen LogP contribution in [0, 0.1) is 10.8 Å². The Kier molecular flexibility index (Phi) is 2.36. The molecule has 0 amide bonds.